The minimum atomic E-state index is -0.336. The summed E-state index contributed by atoms with van der Waals surface area (Å²) in [4.78, 5) is 29.0. The third-order valence-electron chi connectivity index (χ3n) is 4.04. The third-order valence-corrected chi connectivity index (χ3v) is 6.24. The Labute approximate surface area is 176 Å². The van der Waals surface area contributed by atoms with Crippen molar-refractivity contribution < 1.29 is 9.59 Å². The first kappa shape index (κ1) is 18.9. The van der Waals surface area contributed by atoms with E-state index in [-0.39, 0.29) is 11.1 Å². The van der Waals surface area contributed by atoms with E-state index in [2.05, 4.69) is 0 Å². The Morgan fingerprint density at radius 1 is 0.893 bits per heavy atom. The van der Waals surface area contributed by atoms with Crippen LogP contribution in [0.2, 0.25) is 5.02 Å². The predicted molar refractivity (Wildman–Crippen MR) is 117 cm³/mol. The highest BCUT2D eigenvalue weighted by atomic mass is 35.5. The molecule has 0 atom stereocenters. The number of rotatable bonds is 4. The van der Waals surface area contributed by atoms with Gasteiger partial charge in [-0.3, -0.25) is 9.59 Å². The van der Waals surface area contributed by atoms with Crippen molar-refractivity contribution >= 4 is 58.0 Å². The predicted octanol–water partition coefficient (Wildman–Crippen LogP) is 6.73. The van der Waals surface area contributed by atoms with E-state index in [1.165, 1.54) is 0 Å². The zero-order valence-corrected chi connectivity index (χ0v) is 16.9. The summed E-state index contributed by atoms with van der Waals surface area (Å²) in [5.74, 6) is -0.336. The average molecular weight is 424 g/mol. The van der Waals surface area contributed by atoms with Gasteiger partial charge in [0, 0.05) is 14.8 Å². The molecule has 0 bridgehead atoms. The van der Waals surface area contributed by atoms with Crippen LogP contribution in [0.15, 0.2) is 93.6 Å². The fourth-order valence-electron chi connectivity index (χ4n) is 2.76. The Kier molecular flexibility index (Phi) is 5.57. The van der Waals surface area contributed by atoms with Gasteiger partial charge >= 0.3 is 0 Å². The fourth-order valence-corrected chi connectivity index (χ4v) is 4.71. The summed E-state index contributed by atoms with van der Waals surface area (Å²) < 4.78 is 0. The van der Waals surface area contributed by atoms with Gasteiger partial charge < -0.3 is 0 Å². The zero-order valence-electron chi connectivity index (χ0n) is 14.5. The molecular formula is C22H14ClNO2S2. The highest BCUT2D eigenvalue weighted by Gasteiger charge is 2.36. The van der Waals surface area contributed by atoms with Crippen molar-refractivity contribution in [1.82, 2.24) is 0 Å². The maximum Gasteiger partial charge on any atom is 0.298 e. The van der Waals surface area contributed by atoms with Gasteiger partial charge in [-0.2, -0.15) is 0 Å². The van der Waals surface area contributed by atoms with Crippen LogP contribution in [0.5, 0.6) is 0 Å². The molecule has 0 saturated carbocycles. The van der Waals surface area contributed by atoms with Crippen LogP contribution in [0.4, 0.5) is 10.5 Å². The first-order valence-electron chi connectivity index (χ1n) is 8.47. The summed E-state index contributed by atoms with van der Waals surface area (Å²) in [5.41, 5.74) is 1.37. The number of hydrogen-bond donors (Lipinski definition) is 0. The van der Waals surface area contributed by atoms with E-state index >= 15 is 0 Å². The lowest BCUT2D eigenvalue weighted by Crippen LogP contribution is -2.27. The second kappa shape index (κ2) is 8.27. The monoisotopic (exact) mass is 423 g/mol. The summed E-state index contributed by atoms with van der Waals surface area (Å²) in [6, 6.07) is 24.6. The number of benzene rings is 3. The summed E-state index contributed by atoms with van der Waals surface area (Å²) >= 11 is 8.57. The van der Waals surface area contributed by atoms with Crippen LogP contribution in [-0.2, 0) is 4.79 Å². The summed E-state index contributed by atoms with van der Waals surface area (Å²) in [6.45, 7) is 0. The maximum absolute atomic E-state index is 12.9. The van der Waals surface area contributed by atoms with Crippen molar-refractivity contribution in [2.75, 3.05) is 4.90 Å². The number of anilines is 1. The van der Waals surface area contributed by atoms with Crippen molar-refractivity contribution in [3.8, 4) is 0 Å². The van der Waals surface area contributed by atoms with E-state index < -0.39 is 0 Å². The van der Waals surface area contributed by atoms with Crippen molar-refractivity contribution in [3.63, 3.8) is 0 Å². The first-order chi connectivity index (χ1) is 13.6. The molecule has 6 heteroatoms. The van der Waals surface area contributed by atoms with E-state index in [1.54, 1.807) is 42.1 Å². The van der Waals surface area contributed by atoms with Gasteiger partial charge in [0.25, 0.3) is 11.1 Å². The number of halogens is 1. The van der Waals surface area contributed by atoms with Crippen LogP contribution >= 0.6 is 35.1 Å². The summed E-state index contributed by atoms with van der Waals surface area (Å²) in [7, 11) is 0. The Balaban J connectivity index is 1.65. The minimum absolute atomic E-state index is 0.327. The molecule has 0 spiro atoms. The first-order valence-corrected chi connectivity index (χ1v) is 10.5. The molecule has 0 radical (unpaired) electrons. The Hall–Kier alpha value is -2.47. The van der Waals surface area contributed by atoms with Gasteiger partial charge in [0.15, 0.2) is 0 Å². The van der Waals surface area contributed by atoms with Gasteiger partial charge in [-0.05, 0) is 59.8 Å². The van der Waals surface area contributed by atoms with Crippen molar-refractivity contribution in [1.29, 1.82) is 0 Å². The standard InChI is InChI=1S/C22H14ClNO2S2/c23-16-8-6-9-17(14-16)24-21(25)20(28-22(24)26)13-15-7-4-5-12-19(15)27-18-10-2-1-3-11-18/h1-14H/b20-13-. The van der Waals surface area contributed by atoms with Crippen LogP contribution in [0.1, 0.15) is 5.56 Å². The van der Waals surface area contributed by atoms with Gasteiger partial charge in [-0.15, -0.1) is 0 Å². The highest BCUT2D eigenvalue weighted by molar-refractivity contribution is 8.19. The van der Waals surface area contributed by atoms with Gasteiger partial charge in [0.1, 0.15) is 0 Å². The van der Waals surface area contributed by atoms with Gasteiger partial charge in [0.2, 0.25) is 0 Å². The Morgan fingerprint density at radius 3 is 2.43 bits per heavy atom. The molecule has 0 aliphatic carbocycles. The number of imide groups is 1. The molecule has 2 amide bonds. The largest absolute Gasteiger partial charge is 0.298 e. The minimum Gasteiger partial charge on any atom is -0.268 e. The molecule has 4 rings (SSSR count). The van der Waals surface area contributed by atoms with Crippen LogP contribution in [0.3, 0.4) is 0 Å². The second-order valence-corrected chi connectivity index (χ2v) is 8.49. The van der Waals surface area contributed by atoms with Crippen LogP contribution in [-0.4, -0.2) is 11.1 Å². The fraction of sp³-hybridized carbons (Fsp3) is 0. The molecular weight excluding hydrogens is 410 g/mol. The molecule has 1 heterocycles. The molecule has 0 N–H and O–H groups in total. The lowest BCUT2D eigenvalue weighted by Gasteiger charge is -2.12. The number of thioether (sulfide) groups is 1. The van der Waals surface area contributed by atoms with Crippen molar-refractivity contribution in [2.45, 2.75) is 9.79 Å². The molecule has 3 aromatic rings. The molecule has 0 unspecified atom stereocenters. The molecule has 1 aliphatic rings. The molecule has 1 aliphatic heterocycles. The van der Waals surface area contributed by atoms with E-state index in [4.69, 9.17) is 11.6 Å². The van der Waals surface area contributed by atoms with Gasteiger partial charge in [-0.25, -0.2) is 4.90 Å². The number of amides is 2. The van der Waals surface area contributed by atoms with Gasteiger partial charge in [-0.1, -0.05) is 65.8 Å². The normalized spacial score (nSPS) is 15.5. The lowest BCUT2D eigenvalue weighted by atomic mass is 10.2. The third kappa shape index (κ3) is 4.02. The molecule has 3 nitrogen and oxygen atoms in total. The van der Waals surface area contributed by atoms with E-state index in [0.29, 0.717) is 15.6 Å². The molecule has 138 valence electrons. The van der Waals surface area contributed by atoms with Crippen molar-refractivity contribution in [2.24, 2.45) is 0 Å². The number of carbonyl (C=O) groups excluding carboxylic acids is 2. The van der Waals surface area contributed by atoms with E-state index in [9.17, 15) is 9.59 Å². The molecule has 1 fully saturated rings. The summed E-state index contributed by atoms with van der Waals surface area (Å²) in [6.07, 6.45) is 1.78. The van der Waals surface area contributed by atoms with Crippen molar-refractivity contribution in [3.05, 3.63) is 94.4 Å². The van der Waals surface area contributed by atoms with E-state index in [0.717, 1.165) is 32.0 Å². The zero-order chi connectivity index (χ0) is 19.5. The average Bonchev–Trinajstić information content (AvgIpc) is 2.97. The topological polar surface area (TPSA) is 37.4 Å². The van der Waals surface area contributed by atoms with Crippen LogP contribution < -0.4 is 4.90 Å². The van der Waals surface area contributed by atoms with E-state index in [1.807, 2.05) is 54.6 Å². The SMILES string of the molecule is O=C1S/C(=C\c2ccccc2Sc2ccccc2)C(=O)N1c1cccc(Cl)c1. The van der Waals surface area contributed by atoms with Gasteiger partial charge in [0.05, 0.1) is 10.6 Å². The quantitative estimate of drug-likeness (QED) is 0.436. The molecule has 1 saturated heterocycles. The smallest absolute Gasteiger partial charge is 0.268 e. The Bertz CT molecular complexity index is 1080. The second-order valence-electron chi connectivity index (χ2n) is 5.95. The molecule has 3 aromatic carbocycles. The number of hydrogen-bond acceptors (Lipinski definition) is 4. The maximum atomic E-state index is 12.9. The molecule has 0 aromatic heterocycles. The Morgan fingerprint density at radius 2 is 1.64 bits per heavy atom. The summed E-state index contributed by atoms with van der Waals surface area (Å²) in [5, 5.41) is 0.150. The molecule has 28 heavy (non-hydrogen) atoms. The number of carbonyl (C=O) groups is 2. The highest BCUT2D eigenvalue weighted by Crippen LogP contribution is 2.38. The number of nitrogens with zero attached hydrogens (tertiary/aromatic N) is 1. The van der Waals surface area contributed by atoms with Crippen LogP contribution in [0.25, 0.3) is 6.08 Å². The lowest BCUT2D eigenvalue weighted by molar-refractivity contribution is -0.113. The van der Waals surface area contributed by atoms with Crippen LogP contribution in [0, 0.1) is 0 Å².